The highest BCUT2D eigenvalue weighted by Crippen LogP contribution is 2.28. The lowest BCUT2D eigenvalue weighted by molar-refractivity contribution is 0.123. The molecule has 7 heteroatoms. The van der Waals surface area contributed by atoms with E-state index in [4.69, 9.17) is 9.47 Å². The number of halogens is 2. The first kappa shape index (κ1) is 19.4. The molecule has 0 aliphatic heterocycles. The van der Waals surface area contributed by atoms with Crippen molar-refractivity contribution in [3.63, 3.8) is 0 Å². The van der Waals surface area contributed by atoms with Crippen LogP contribution in [-0.4, -0.2) is 45.4 Å². The Kier molecular flexibility index (Phi) is 8.45. The molecule has 1 fully saturated rings. The normalized spacial score (nSPS) is 14.4. The number of hydrogen-bond acceptors (Lipinski definition) is 3. The van der Waals surface area contributed by atoms with Gasteiger partial charge in [0, 0.05) is 32.4 Å². The largest absolute Gasteiger partial charge is 0.489 e. The van der Waals surface area contributed by atoms with Crippen LogP contribution in [0.3, 0.4) is 0 Å². The van der Waals surface area contributed by atoms with Crippen LogP contribution in [0.25, 0.3) is 0 Å². The highest BCUT2D eigenvalue weighted by atomic mass is 19.1. The quantitative estimate of drug-likeness (QED) is 0.364. The second-order valence-electron chi connectivity index (χ2n) is 5.98. The number of guanidine groups is 1. The van der Waals surface area contributed by atoms with Gasteiger partial charge in [-0.1, -0.05) is 0 Å². The molecule has 1 aromatic carbocycles. The van der Waals surface area contributed by atoms with Crippen LogP contribution < -0.4 is 15.4 Å². The van der Waals surface area contributed by atoms with Gasteiger partial charge in [0.05, 0.1) is 6.54 Å². The number of nitrogens with one attached hydrogen (secondary N) is 2. The zero-order chi connectivity index (χ0) is 17.9. The maximum atomic E-state index is 13.4. The van der Waals surface area contributed by atoms with Crippen LogP contribution in [0.5, 0.6) is 5.75 Å². The fourth-order valence-corrected chi connectivity index (χ4v) is 2.16. The molecule has 140 valence electrons. The summed E-state index contributed by atoms with van der Waals surface area (Å²) >= 11 is 0. The standard InChI is InChI=1S/C18H27F2N3O2/c1-2-21-18(22-8-3-10-24-13-14-4-5-14)23-9-11-25-17-7-6-15(19)12-16(17)20/h6-7,12,14H,2-5,8-11,13H2,1H3,(H2,21,22,23). The fourth-order valence-electron chi connectivity index (χ4n) is 2.16. The SMILES string of the molecule is CCNC(=NCCCOCC1CC1)NCCOc1ccc(F)cc1F. The fraction of sp³-hybridized carbons (Fsp3) is 0.611. The Morgan fingerprint density at radius 1 is 1.24 bits per heavy atom. The molecule has 0 saturated heterocycles. The number of ether oxygens (including phenoxy) is 2. The lowest BCUT2D eigenvalue weighted by Crippen LogP contribution is -2.39. The van der Waals surface area contributed by atoms with E-state index >= 15 is 0 Å². The van der Waals surface area contributed by atoms with Gasteiger partial charge in [0.1, 0.15) is 12.4 Å². The molecule has 2 N–H and O–H groups in total. The van der Waals surface area contributed by atoms with Gasteiger partial charge in [-0.25, -0.2) is 8.78 Å². The van der Waals surface area contributed by atoms with E-state index in [0.717, 1.165) is 38.2 Å². The topological polar surface area (TPSA) is 54.9 Å². The van der Waals surface area contributed by atoms with Crippen molar-refractivity contribution in [2.75, 3.05) is 39.5 Å². The number of aliphatic imine (C=N–C) groups is 1. The molecule has 5 nitrogen and oxygen atoms in total. The van der Waals surface area contributed by atoms with Gasteiger partial charge in [0.2, 0.25) is 0 Å². The van der Waals surface area contributed by atoms with E-state index in [1.807, 2.05) is 6.92 Å². The summed E-state index contributed by atoms with van der Waals surface area (Å²) in [7, 11) is 0. The molecule has 0 unspecified atom stereocenters. The summed E-state index contributed by atoms with van der Waals surface area (Å²) in [6.07, 6.45) is 3.48. The molecular formula is C18H27F2N3O2. The minimum Gasteiger partial charge on any atom is -0.489 e. The van der Waals surface area contributed by atoms with E-state index in [1.165, 1.54) is 25.0 Å². The Morgan fingerprint density at radius 2 is 2.08 bits per heavy atom. The van der Waals surface area contributed by atoms with E-state index in [2.05, 4.69) is 15.6 Å². The predicted octanol–water partition coefficient (Wildman–Crippen LogP) is 2.72. The number of nitrogens with zero attached hydrogens (tertiary/aromatic N) is 1. The highest BCUT2D eigenvalue weighted by molar-refractivity contribution is 5.79. The van der Waals surface area contributed by atoms with Crippen molar-refractivity contribution in [2.24, 2.45) is 10.9 Å². The third kappa shape index (κ3) is 8.16. The molecule has 0 bridgehead atoms. The van der Waals surface area contributed by atoms with Crippen molar-refractivity contribution in [1.82, 2.24) is 10.6 Å². The van der Waals surface area contributed by atoms with Gasteiger partial charge in [-0.05, 0) is 44.2 Å². The van der Waals surface area contributed by atoms with E-state index < -0.39 is 11.6 Å². The zero-order valence-corrected chi connectivity index (χ0v) is 14.7. The van der Waals surface area contributed by atoms with E-state index in [9.17, 15) is 8.78 Å². The Balaban J connectivity index is 1.61. The van der Waals surface area contributed by atoms with Gasteiger partial charge in [0.25, 0.3) is 0 Å². The van der Waals surface area contributed by atoms with Crippen LogP contribution in [0.1, 0.15) is 26.2 Å². The van der Waals surface area contributed by atoms with Crippen molar-refractivity contribution in [3.8, 4) is 5.75 Å². The Bertz CT molecular complexity index is 551. The van der Waals surface area contributed by atoms with Gasteiger partial charge in [-0.3, -0.25) is 4.99 Å². The van der Waals surface area contributed by atoms with Crippen LogP contribution in [0, 0.1) is 17.6 Å². The predicted molar refractivity (Wildman–Crippen MR) is 94.0 cm³/mol. The van der Waals surface area contributed by atoms with Crippen LogP contribution in [0.15, 0.2) is 23.2 Å². The molecule has 1 saturated carbocycles. The minimum atomic E-state index is -0.702. The van der Waals surface area contributed by atoms with Gasteiger partial charge in [-0.2, -0.15) is 0 Å². The molecule has 0 amide bonds. The summed E-state index contributed by atoms with van der Waals surface area (Å²) in [5, 5.41) is 6.26. The molecule has 0 spiro atoms. The van der Waals surface area contributed by atoms with Crippen LogP contribution in [0.2, 0.25) is 0 Å². The molecule has 2 rings (SSSR count). The summed E-state index contributed by atoms with van der Waals surface area (Å²) < 4.78 is 37.1. The molecule has 1 aromatic rings. The number of benzene rings is 1. The number of rotatable bonds is 11. The van der Waals surface area contributed by atoms with E-state index in [-0.39, 0.29) is 12.4 Å². The summed E-state index contributed by atoms with van der Waals surface area (Å²) in [6, 6.07) is 3.26. The molecular weight excluding hydrogens is 328 g/mol. The first-order chi connectivity index (χ1) is 12.2. The lowest BCUT2D eigenvalue weighted by Gasteiger charge is -2.12. The van der Waals surface area contributed by atoms with Crippen molar-refractivity contribution in [3.05, 3.63) is 29.8 Å². The maximum absolute atomic E-state index is 13.4. The molecule has 0 radical (unpaired) electrons. The molecule has 25 heavy (non-hydrogen) atoms. The molecule has 0 aromatic heterocycles. The Labute approximate surface area is 147 Å². The lowest BCUT2D eigenvalue weighted by atomic mass is 10.3. The highest BCUT2D eigenvalue weighted by Gasteiger charge is 2.20. The summed E-state index contributed by atoms with van der Waals surface area (Å²) in [6.45, 7) is 5.72. The number of hydrogen-bond donors (Lipinski definition) is 2. The van der Waals surface area contributed by atoms with Gasteiger partial charge < -0.3 is 20.1 Å². The second-order valence-corrected chi connectivity index (χ2v) is 5.98. The summed E-state index contributed by atoms with van der Waals surface area (Å²) in [5.74, 6) is 0.191. The van der Waals surface area contributed by atoms with Crippen molar-refractivity contribution >= 4 is 5.96 Å². The first-order valence-electron chi connectivity index (χ1n) is 8.86. The van der Waals surface area contributed by atoms with Crippen LogP contribution >= 0.6 is 0 Å². The van der Waals surface area contributed by atoms with Gasteiger partial charge >= 0.3 is 0 Å². The molecule has 1 aliphatic carbocycles. The molecule has 0 atom stereocenters. The second kappa shape index (κ2) is 10.9. The smallest absolute Gasteiger partial charge is 0.191 e. The van der Waals surface area contributed by atoms with Crippen molar-refractivity contribution < 1.29 is 18.3 Å². The van der Waals surface area contributed by atoms with E-state index in [0.29, 0.717) is 19.0 Å². The minimum absolute atomic E-state index is 0.0398. The molecule has 0 heterocycles. The Hall–Kier alpha value is -1.89. The zero-order valence-electron chi connectivity index (χ0n) is 14.7. The average Bonchev–Trinajstić information content (AvgIpc) is 3.40. The maximum Gasteiger partial charge on any atom is 0.191 e. The first-order valence-corrected chi connectivity index (χ1v) is 8.86. The van der Waals surface area contributed by atoms with Crippen molar-refractivity contribution in [2.45, 2.75) is 26.2 Å². The van der Waals surface area contributed by atoms with Crippen LogP contribution in [0.4, 0.5) is 8.78 Å². The van der Waals surface area contributed by atoms with E-state index in [1.54, 1.807) is 0 Å². The third-order valence-electron chi connectivity index (χ3n) is 3.66. The Morgan fingerprint density at radius 3 is 2.80 bits per heavy atom. The van der Waals surface area contributed by atoms with Crippen LogP contribution in [-0.2, 0) is 4.74 Å². The molecule has 1 aliphatic rings. The third-order valence-corrected chi connectivity index (χ3v) is 3.66. The summed E-state index contributed by atoms with van der Waals surface area (Å²) in [5.41, 5.74) is 0. The van der Waals surface area contributed by atoms with Crippen molar-refractivity contribution in [1.29, 1.82) is 0 Å². The van der Waals surface area contributed by atoms with Gasteiger partial charge in [-0.15, -0.1) is 0 Å². The summed E-state index contributed by atoms with van der Waals surface area (Å²) in [4.78, 5) is 4.45. The average molecular weight is 355 g/mol. The monoisotopic (exact) mass is 355 g/mol. The van der Waals surface area contributed by atoms with Gasteiger partial charge in [0.15, 0.2) is 17.5 Å².